The molecule has 1 unspecified atom stereocenters. The SMILES string of the molecule is COc1ccc(S(=O)(=O)N2CCCC2c2nnc(NS(=O)(=O)Cc3ccccc3)s2)cc1OC. The summed E-state index contributed by atoms with van der Waals surface area (Å²) in [4.78, 5) is 0.0744. The van der Waals surface area contributed by atoms with Gasteiger partial charge in [0, 0.05) is 12.6 Å². The molecule has 0 bridgehead atoms. The molecule has 2 aromatic carbocycles. The van der Waals surface area contributed by atoms with Crippen molar-refractivity contribution in [2.24, 2.45) is 0 Å². The normalized spacial score (nSPS) is 16.9. The van der Waals surface area contributed by atoms with Gasteiger partial charge in [0.2, 0.25) is 25.2 Å². The van der Waals surface area contributed by atoms with Gasteiger partial charge in [0.25, 0.3) is 0 Å². The van der Waals surface area contributed by atoms with Gasteiger partial charge in [-0.1, -0.05) is 41.7 Å². The Hall–Kier alpha value is -2.74. The number of methoxy groups -OCH3 is 2. The first-order valence-electron chi connectivity index (χ1n) is 10.3. The van der Waals surface area contributed by atoms with E-state index >= 15 is 0 Å². The molecule has 1 aliphatic rings. The second-order valence-corrected chi connectivity index (χ2v) is 12.2. The van der Waals surface area contributed by atoms with Crippen LogP contribution in [0.15, 0.2) is 53.4 Å². The minimum atomic E-state index is -3.86. The van der Waals surface area contributed by atoms with Crippen LogP contribution in [0.1, 0.15) is 29.5 Å². The molecule has 0 amide bonds. The Morgan fingerprint density at radius 2 is 1.76 bits per heavy atom. The molecular weight excluding hydrogens is 500 g/mol. The van der Waals surface area contributed by atoms with Gasteiger partial charge in [0.1, 0.15) is 5.01 Å². The Kier molecular flexibility index (Phi) is 7.07. The summed E-state index contributed by atoms with van der Waals surface area (Å²) in [6, 6.07) is 12.7. The number of aromatic nitrogens is 2. The lowest BCUT2D eigenvalue weighted by Gasteiger charge is -2.22. The summed E-state index contributed by atoms with van der Waals surface area (Å²) in [5.41, 5.74) is 0.641. The van der Waals surface area contributed by atoms with Crippen molar-refractivity contribution in [2.45, 2.75) is 29.5 Å². The molecule has 10 nitrogen and oxygen atoms in total. The van der Waals surface area contributed by atoms with E-state index in [0.717, 1.165) is 11.3 Å². The monoisotopic (exact) mass is 524 g/mol. The fourth-order valence-corrected chi connectivity index (χ4v) is 7.80. The minimum absolute atomic E-state index is 0.0744. The van der Waals surface area contributed by atoms with Gasteiger partial charge in [-0.2, -0.15) is 4.31 Å². The summed E-state index contributed by atoms with van der Waals surface area (Å²) in [7, 11) is -4.64. The highest BCUT2D eigenvalue weighted by atomic mass is 32.2. The first-order chi connectivity index (χ1) is 16.2. The van der Waals surface area contributed by atoms with E-state index in [0.29, 0.717) is 41.5 Å². The van der Waals surface area contributed by atoms with Crippen LogP contribution in [0.4, 0.5) is 5.13 Å². The molecule has 3 aromatic rings. The Balaban J connectivity index is 1.54. The van der Waals surface area contributed by atoms with Gasteiger partial charge in [0.05, 0.1) is 30.9 Å². The number of benzene rings is 2. The molecule has 182 valence electrons. The number of nitrogens with one attached hydrogen (secondary N) is 1. The molecule has 34 heavy (non-hydrogen) atoms. The summed E-state index contributed by atoms with van der Waals surface area (Å²) in [5, 5.41) is 8.57. The third-order valence-corrected chi connectivity index (χ3v) is 9.52. The zero-order valence-corrected chi connectivity index (χ0v) is 21.0. The van der Waals surface area contributed by atoms with Crippen molar-refractivity contribution in [3.05, 3.63) is 59.1 Å². The molecule has 1 aliphatic heterocycles. The van der Waals surface area contributed by atoms with Crippen LogP contribution in [-0.4, -0.2) is 52.1 Å². The highest BCUT2D eigenvalue weighted by Gasteiger charge is 2.38. The molecule has 1 aromatic heterocycles. The van der Waals surface area contributed by atoms with E-state index in [1.165, 1.54) is 30.7 Å². The van der Waals surface area contributed by atoms with Crippen molar-refractivity contribution >= 4 is 36.5 Å². The number of nitrogens with zero attached hydrogens (tertiary/aromatic N) is 3. The Labute approximate surface area is 202 Å². The van der Waals surface area contributed by atoms with Gasteiger partial charge < -0.3 is 9.47 Å². The van der Waals surface area contributed by atoms with Crippen LogP contribution < -0.4 is 14.2 Å². The van der Waals surface area contributed by atoms with Crippen LogP contribution in [0.5, 0.6) is 11.5 Å². The number of anilines is 1. The summed E-state index contributed by atoms with van der Waals surface area (Å²) < 4.78 is 66.1. The number of hydrogen-bond donors (Lipinski definition) is 1. The Bertz CT molecular complexity index is 1360. The maximum atomic E-state index is 13.4. The van der Waals surface area contributed by atoms with E-state index in [2.05, 4.69) is 14.9 Å². The quantitative estimate of drug-likeness (QED) is 0.452. The molecule has 0 spiro atoms. The lowest BCUT2D eigenvalue weighted by Crippen LogP contribution is -2.30. The molecule has 0 aliphatic carbocycles. The number of rotatable bonds is 9. The fraction of sp³-hybridized carbons (Fsp3) is 0.333. The topological polar surface area (TPSA) is 128 Å². The van der Waals surface area contributed by atoms with Crippen molar-refractivity contribution in [1.29, 1.82) is 0 Å². The summed E-state index contributed by atoms with van der Waals surface area (Å²) >= 11 is 1.03. The van der Waals surface area contributed by atoms with E-state index in [9.17, 15) is 16.8 Å². The third-order valence-electron chi connectivity index (χ3n) is 5.33. The summed E-state index contributed by atoms with van der Waals surface area (Å²) in [6.07, 6.45) is 1.20. The number of hydrogen-bond acceptors (Lipinski definition) is 9. The van der Waals surface area contributed by atoms with Gasteiger partial charge in [-0.15, -0.1) is 10.2 Å². The van der Waals surface area contributed by atoms with Crippen molar-refractivity contribution in [3.63, 3.8) is 0 Å². The maximum absolute atomic E-state index is 13.4. The number of ether oxygens (including phenoxy) is 2. The summed E-state index contributed by atoms with van der Waals surface area (Å²) in [6.45, 7) is 0.315. The zero-order valence-electron chi connectivity index (χ0n) is 18.5. The van der Waals surface area contributed by atoms with Crippen LogP contribution in [0.2, 0.25) is 0 Å². The van der Waals surface area contributed by atoms with Crippen molar-refractivity contribution in [3.8, 4) is 11.5 Å². The predicted molar refractivity (Wildman–Crippen MR) is 128 cm³/mol. The van der Waals surface area contributed by atoms with Crippen LogP contribution in [0, 0.1) is 0 Å². The second kappa shape index (κ2) is 9.86. The van der Waals surface area contributed by atoms with Crippen molar-refractivity contribution < 1.29 is 26.3 Å². The Morgan fingerprint density at radius 1 is 1.03 bits per heavy atom. The second-order valence-electron chi connectivity index (χ2n) is 7.58. The number of sulfonamides is 2. The first-order valence-corrected chi connectivity index (χ1v) is 14.3. The van der Waals surface area contributed by atoms with Gasteiger partial charge in [-0.05, 0) is 30.5 Å². The maximum Gasteiger partial charge on any atom is 0.243 e. The van der Waals surface area contributed by atoms with Gasteiger partial charge in [-0.3, -0.25) is 4.72 Å². The minimum Gasteiger partial charge on any atom is -0.493 e. The molecule has 1 fully saturated rings. The zero-order chi connectivity index (χ0) is 24.3. The van der Waals surface area contributed by atoms with Crippen molar-refractivity contribution in [2.75, 3.05) is 25.5 Å². The molecular formula is C21H24N4O6S3. The lowest BCUT2D eigenvalue weighted by molar-refractivity contribution is 0.353. The molecule has 2 heterocycles. The first kappa shape index (κ1) is 24.4. The smallest absolute Gasteiger partial charge is 0.243 e. The third kappa shape index (κ3) is 5.17. The average molecular weight is 525 g/mol. The van der Waals surface area contributed by atoms with E-state index in [1.807, 2.05) is 6.07 Å². The van der Waals surface area contributed by atoms with Gasteiger partial charge >= 0.3 is 0 Å². The average Bonchev–Trinajstić information content (AvgIpc) is 3.48. The standard InChI is InChI=1S/C21H24N4O6S3/c1-30-18-11-10-16(13-19(18)31-2)34(28,29)25-12-6-9-17(25)20-22-23-21(32-20)24-33(26,27)14-15-7-4-3-5-8-15/h3-5,7-8,10-11,13,17H,6,9,12,14H2,1-2H3,(H,23,24). The predicted octanol–water partition coefficient (Wildman–Crippen LogP) is 3.02. The van der Waals surface area contributed by atoms with Crippen LogP contribution in [0.3, 0.4) is 0 Å². The van der Waals surface area contributed by atoms with Crippen molar-refractivity contribution in [1.82, 2.24) is 14.5 Å². The molecule has 1 atom stereocenters. The van der Waals surface area contributed by atoms with E-state index in [4.69, 9.17) is 9.47 Å². The molecule has 1 N–H and O–H groups in total. The molecule has 0 saturated carbocycles. The fourth-order valence-electron chi connectivity index (χ4n) is 3.76. The van der Waals surface area contributed by atoms with Crippen LogP contribution >= 0.6 is 11.3 Å². The molecule has 0 radical (unpaired) electrons. The summed E-state index contributed by atoms with van der Waals surface area (Å²) in [5.74, 6) is 0.535. The molecule has 13 heteroatoms. The van der Waals surface area contributed by atoms with Gasteiger partial charge in [0.15, 0.2) is 11.5 Å². The Morgan fingerprint density at radius 3 is 2.47 bits per heavy atom. The highest BCUT2D eigenvalue weighted by Crippen LogP contribution is 2.40. The largest absolute Gasteiger partial charge is 0.493 e. The van der Waals surface area contributed by atoms with E-state index in [-0.39, 0.29) is 15.8 Å². The molecule has 1 saturated heterocycles. The van der Waals surface area contributed by atoms with Gasteiger partial charge in [-0.25, -0.2) is 16.8 Å². The molecule has 4 rings (SSSR count). The highest BCUT2D eigenvalue weighted by molar-refractivity contribution is 7.92. The van der Waals surface area contributed by atoms with Crippen LogP contribution in [0.25, 0.3) is 0 Å². The van der Waals surface area contributed by atoms with E-state index < -0.39 is 26.1 Å². The van der Waals surface area contributed by atoms with E-state index in [1.54, 1.807) is 30.3 Å². The lowest BCUT2D eigenvalue weighted by atomic mass is 10.2. The van der Waals surface area contributed by atoms with Crippen LogP contribution in [-0.2, 0) is 25.8 Å².